The molecule has 0 saturated carbocycles. The molecular weight excluding hydrogens is 290 g/mol. The number of anilines is 1. The van der Waals surface area contributed by atoms with Crippen molar-refractivity contribution in [2.45, 2.75) is 39.0 Å². The molecule has 5 heteroatoms. The van der Waals surface area contributed by atoms with Gasteiger partial charge >= 0.3 is 0 Å². The van der Waals surface area contributed by atoms with Gasteiger partial charge in [0.25, 0.3) is 0 Å². The first-order valence-corrected chi connectivity index (χ1v) is 8.10. The van der Waals surface area contributed by atoms with Gasteiger partial charge in [-0.05, 0) is 37.0 Å². The van der Waals surface area contributed by atoms with Crippen LogP contribution in [0.1, 0.15) is 29.7 Å². The minimum absolute atomic E-state index is 0.325. The topological polar surface area (TPSA) is 56.3 Å². The second-order valence-corrected chi connectivity index (χ2v) is 5.82. The molecule has 0 amide bonds. The van der Waals surface area contributed by atoms with Gasteiger partial charge in [-0.15, -0.1) is 0 Å². The summed E-state index contributed by atoms with van der Waals surface area (Å²) in [6.07, 6.45) is 4.08. The highest BCUT2D eigenvalue weighted by Crippen LogP contribution is 2.14. The Hall–Kier alpha value is -1.98. The summed E-state index contributed by atoms with van der Waals surface area (Å²) in [5, 5.41) is 3.25. The second-order valence-electron chi connectivity index (χ2n) is 5.82. The number of nitrogens with one attached hydrogen (secondary N) is 1. The van der Waals surface area contributed by atoms with Gasteiger partial charge in [-0.1, -0.05) is 24.3 Å². The van der Waals surface area contributed by atoms with E-state index in [0.29, 0.717) is 25.2 Å². The minimum atomic E-state index is 0.325. The van der Waals surface area contributed by atoms with Crippen LogP contribution in [0.15, 0.2) is 36.5 Å². The van der Waals surface area contributed by atoms with Crippen molar-refractivity contribution in [1.29, 1.82) is 0 Å². The summed E-state index contributed by atoms with van der Waals surface area (Å²) in [7, 11) is 0. The molecule has 122 valence electrons. The summed E-state index contributed by atoms with van der Waals surface area (Å²) in [6.45, 7) is 4.94. The number of hydrogen-bond acceptors (Lipinski definition) is 5. The van der Waals surface area contributed by atoms with E-state index in [1.54, 1.807) is 6.20 Å². The molecule has 1 aliphatic heterocycles. The van der Waals surface area contributed by atoms with Gasteiger partial charge in [-0.25, -0.2) is 9.97 Å². The predicted molar refractivity (Wildman–Crippen MR) is 89.2 cm³/mol. The number of aryl methyl sites for hydroxylation is 1. The first-order chi connectivity index (χ1) is 11.3. The quantitative estimate of drug-likeness (QED) is 0.888. The molecule has 0 unspecified atom stereocenters. The molecule has 0 radical (unpaired) electrons. The summed E-state index contributed by atoms with van der Waals surface area (Å²) >= 11 is 0. The summed E-state index contributed by atoms with van der Waals surface area (Å²) in [6, 6.07) is 10.3. The summed E-state index contributed by atoms with van der Waals surface area (Å²) in [5.74, 6) is 0.661. The molecule has 1 aliphatic rings. The van der Waals surface area contributed by atoms with Crippen LogP contribution in [0.2, 0.25) is 0 Å². The lowest BCUT2D eigenvalue weighted by molar-refractivity contribution is -0.0390. The Morgan fingerprint density at radius 2 is 2.04 bits per heavy atom. The van der Waals surface area contributed by atoms with Crippen molar-refractivity contribution >= 4 is 5.95 Å². The minimum Gasteiger partial charge on any atom is -0.381 e. The van der Waals surface area contributed by atoms with Gasteiger partial charge < -0.3 is 14.8 Å². The van der Waals surface area contributed by atoms with Crippen LogP contribution in [0.25, 0.3) is 0 Å². The number of aromatic nitrogens is 2. The van der Waals surface area contributed by atoms with E-state index < -0.39 is 0 Å². The number of nitrogens with zero attached hydrogens (tertiary/aromatic N) is 2. The molecule has 3 rings (SSSR count). The molecule has 0 atom stereocenters. The van der Waals surface area contributed by atoms with Gasteiger partial charge in [0, 0.05) is 31.6 Å². The fraction of sp³-hybridized carbons (Fsp3) is 0.444. The Morgan fingerprint density at radius 3 is 2.87 bits per heavy atom. The Balaban J connectivity index is 1.52. The van der Waals surface area contributed by atoms with E-state index in [9.17, 15) is 0 Å². The van der Waals surface area contributed by atoms with E-state index in [0.717, 1.165) is 31.7 Å². The van der Waals surface area contributed by atoms with E-state index in [1.807, 2.05) is 13.0 Å². The van der Waals surface area contributed by atoms with Gasteiger partial charge in [-0.2, -0.15) is 0 Å². The lowest BCUT2D eigenvalue weighted by atomic mass is 10.1. The van der Waals surface area contributed by atoms with Crippen molar-refractivity contribution in [3.63, 3.8) is 0 Å². The zero-order chi connectivity index (χ0) is 15.9. The molecule has 1 aromatic heterocycles. The fourth-order valence-electron chi connectivity index (χ4n) is 2.60. The lowest BCUT2D eigenvalue weighted by Gasteiger charge is -2.22. The molecule has 1 fully saturated rings. The third-order valence-electron chi connectivity index (χ3n) is 3.89. The predicted octanol–water partition coefficient (Wildman–Crippen LogP) is 3.09. The Kier molecular flexibility index (Phi) is 5.56. The van der Waals surface area contributed by atoms with Gasteiger partial charge in [0.05, 0.1) is 12.7 Å². The molecule has 0 bridgehead atoms. The van der Waals surface area contributed by atoms with E-state index in [1.165, 1.54) is 11.1 Å². The lowest BCUT2D eigenvalue weighted by Crippen LogP contribution is -2.23. The van der Waals surface area contributed by atoms with E-state index in [4.69, 9.17) is 9.47 Å². The third-order valence-corrected chi connectivity index (χ3v) is 3.89. The third kappa shape index (κ3) is 5.01. The maximum atomic E-state index is 5.98. The number of ether oxygens (including phenoxy) is 2. The summed E-state index contributed by atoms with van der Waals surface area (Å²) in [4.78, 5) is 8.57. The summed E-state index contributed by atoms with van der Waals surface area (Å²) < 4.78 is 11.3. The normalized spacial score (nSPS) is 15.5. The van der Waals surface area contributed by atoms with Gasteiger partial charge in [0.1, 0.15) is 0 Å². The maximum absolute atomic E-state index is 5.98. The van der Waals surface area contributed by atoms with Crippen LogP contribution in [-0.2, 0) is 22.6 Å². The first kappa shape index (κ1) is 15.9. The zero-order valence-electron chi connectivity index (χ0n) is 13.5. The number of benzene rings is 1. The summed E-state index contributed by atoms with van der Waals surface area (Å²) in [5.41, 5.74) is 3.35. The maximum Gasteiger partial charge on any atom is 0.223 e. The Labute approximate surface area is 137 Å². The van der Waals surface area contributed by atoms with Gasteiger partial charge in [0.15, 0.2) is 0 Å². The first-order valence-electron chi connectivity index (χ1n) is 8.10. The van der Waals surface area contributed by atoms with Crippen molar-refractivity contribution in [3.8, 4) is 0 Å². The van der Waals surface area contributed by atoms with Crippen LogP contribution in [0.5, 0.6) is 0 Å². The Morgan fingerprint density at radius 1 is 1.22 bits per heavy atom. The average Bonchev–Trinajstić information content (AvgIpc) is 2.60. The molecule has 5 nitrogen and oxygen atoms in total. The van der Waals surface area contributed by atoms with Gasteiger partial charge in [0.2, 0.25) is 5.95 Å². The largest absolute Gasteiger partial charge is 0.381 e. The van der Waals surface area contributed by atoms with Crippen LogP contribution in [0.3, 0.4) is 0 Å². The van der Waals surface area contributed by atoms with Crippen molar-refractivity contribution in [2.24, 2.45) is 0 Å². The fourth-order valence-corrected chi connectivity index (χ4v) is 2.60. The van der Waals surface area contributed by atoms with Crippen molar-refractivity contribution in [3.05, 3.63) is 53.3 Å². The van der Waals surface area contributed by atoms with E-state index >= 15 is 0 Å². The van der Waals surface area contributed by atoms with Gasteiger partial charge in [-0.3, -0.25) is 0 Å². The molecule has 1 aromatic carbocycles. The van der Waals surface area contributed by atoms with Crippen LogP contribution in [0, 0.1) is 6.92 Å². The highest BCUT2D eigenvalue weighted by Gasteiger charge is 2.13. The molecule has 0 spiro atoms. The van der Waals surface area contributed by atoms with E-state index in [2.05, 4.69) is 39.6 Å². The monoisotopic (exact) mass is 313 g/mol. The number of hydrogen-bond donors (Lipinski definition) is 1. The molecule has 1 saturated heterocycles. The standard InChI is InChI=1S/C18H23N3O2/c1-14-5-8-19-18(21-14)20-12-15-3-2-4-16(11-15)13-23-17-6-9-22-10-7-17/h2-5,8,11,17H,6-7,9-10,12-13H2,1H3,(H,19,20,21). The zero-order valence-corrected chi connectivity index (χ0v) is 13.5. The SMILES string of the molecule is Cc1ccnc(NCc2cccc(COC3CCOCC3)c2)n1. The average molecular weight is 313 g/mol. The van der Waals surface area contributed by atoms with Crippen molar-refractivity contribution in [1.82, 2.24) is 9.97 Å². The molecule has 2 heterocycles. The molecule has 1 N–H and O–H groups in total. The van der Waals surface area contributed by atoms with Crippen LogP contribution < -0.4 is 5.32 Å². The van der Waals surface area contributed by atoms with Crippen LogP contribution >= 0.6 is 0 Å². The molecule has 23 heavy (non-hydrogen) atoms. The van der Waals surface area contributed by atoms with Crippen molar-refractivity contribution in [2.75, 3.05) is 18.5 Å². The van der Waals surface area contributed by atoms with Crippen LogP contribution in [-0.4, -0.2) is 29.3 Å². The highest BCUT2D eigenvalue weighted by atomic mass is 16.5. The molecule has 2 aromatic rings. The smallest absolute Gasteiger partial charge is 0.223 e. The van der Waals surface area contributed by atoms with E-state index in [-0.39, 0.29) is 0 Å². The second kappa shape index (κ2) is 8.04. The molecule has 0 aliphatic carbocycles. The highest BCUT2D eigenvalue weighted by molar-refractivity contribution is 5.30. The molecular formula is C18H23N3O2. The number of rotatable bonds is 6. The Bertz CT molecular complexity index is 627. The van der Waals surface area contributed by atoms with Crippen LogP contribution in [0.4, 0.5) is 5.95 Å². The van der Waals surface area contributed by atoms with Crippen molar-refractivity contribution < 1.29 is 9.47 Å².